The number of amides is 1. The van der Waals surface area contributed by atoms with E-state index in [-0.39, 0.29) is 5.91 Å². The van der Waals surface area contributed by atoms with E-state index in [1.54, 1.807) is 38.4 Å². The molecule has 6 nitrogen and oxygen atoms in total. The topological polar surface area (TPSA) is 82.2 Å². The zero-order valence-corrected chi connectivity index (χ0v) is 10.2. The van der Waals surface area contributed by atoms with Gasteiger partial charge in [-0.25, -0.2) is 0 Å². The van der Waals surface area contributed by atoms with Crippen molar-refractivity contribution in [1.29, 1.82) is 0 Å². The predicted molar refractivity (Wildman–Crippen MR) is 68.6 cm³/mol. The van der Waals surface area contributed by atoms with E-state index < -0.39 is 0 Å². The van der Waals surface area contributed by atoms with Gasteiger partial charge in [0.1, 0.15) is 5.75 Å². The Balaban J connectivity index is 2.22. The van der Waals surface area contributed by atoms with Gasteiger partial charge >= 0.3 is 0 Å². The van der Waals surface area contributed by atoms with Crippen LogP contribution >= 0.6 is 0 Å². The first kappa shape index (κ1) is 12.0. The molecule has 1 amide bonds. The maximum absolute atomic E-state index is 12.0. The van der Waals surface area contributed by atoms with Crippen molar-refractivity contribution >= 4 is 17.4 Å². The second-order valence-corrected chi connectivity index (χ2v) is 3.76. The molecule has 0 spiro atoms. The fourth-order valence-electron chi connectivity index (χ4n) is 1.55. The lowest BCUT2D eigenvalue weighted by atomic mass is 10.2. The quantitative estimate of drug-likeness (QED) is 0.854. The zero-order chi connectivity index (χ0) is 13.1. The molecule has 6 heteroatoms. The molecule has 0 fully saturated rings. The number of carbonyl (C=O) groups excluding carboxylic acids is 1. The van der Waals surface area contributed by atoms with Gasteiger partial charge in [-0.3, -0.25) is 9.48 Å². The van der Waals surface area contributed by atoms with Gasteiger partial charge in [0.05, 0.1) is 19.0 Å². The van der Waals surface area contributed by atoms with E-state index in [1.165, 1.54) is 10.9 Å². The number of nitrogen functional groups attached to an aromatic ring is 1. The number of hydrogen-bond donors (Lipinski definition) is 2. The highest BCUT2D eigenvalue weighted by Crippen LogP contribution is 2.18. The molecular weight excluding hydrogens is 232 g/mol. The van der Waals surface area contributed by atoms with Gasteiger partial charge in [-0.1, -0.05) is 6.07 Å². The van der Waals surface area contributed by atoms with Gasteiger partial charge in [-0.2, -0.15) is 5.10 Å². The van der Waals surface area contributed by atoms with Crippen LogP contribution in [-0.2, 0) is 7.05 Å². The van der Waals surface area contributed by atoms with Crippen LogP contribution in [0.15, 0.2) is 30.5 Å². The summed E-state index contributed by atoms with van der Waals surface area (Å²) in [5.41, 5.74) is 6.62. The molecule has 3 N–H and O–H groups in total. The highest BCUT2D eigenvalue weighted by Gasteiger charge is 2.11. The lowest BCUT2D eigenvalue weighted by molar-refractivity contribution is 0.102. The van der Waals surface area contributed by atoms with Crippen molar-refractivity contribution in [2.75, 3.05) is 18.2 Å². The first-order chi connectivity index (χ1) is 8.61. The van der Waals surface area contributed by atoms with Crippen molar-refractivity contribution in [3.63, 3.8) is 0 Å². The third-order valence-corrected chi connectivity index (χ3v) is 2.53. The van der Waals surface area contributed by atoms with Crippen LogP contribution in [-0.4, -0.2) is 22.8 Å². The van der Waals surface area contributed by atoms with E-state index in [4.69, 9.17) is 10.5 Å². The van der Waals surface area contributed by atoms with Crippen molar-refractivity contribution < 1.29 is 9.53 Å². The third-order valence-electron chi connectivity index (χ3n) is 2.53. The molecule has 0 aliphatic carbocycles. The van der Waals surface area contributed by atoms with Gasteiger partial charge in [-0.05, 0) is 18.2 Å². The smallest absolute Gasteiger partial charge is 0.257 e. The summed E-state index contributed by atoms with van der Waals surface area (Å²) in [6.07, 6.45) is 1.49. The first-order valence-corrected chi connectivity index (χ1v) is 5.34. The summed E-state index contributed by atoms with van der Waals surface area (Å²) in [7, 11) is 3.26. The van der Waals surface area contributed by atoms with Gasteiger partial charge in [0.25, 0.3) is 5.91 Å². The SMILES string of the molecule is COc1cccc(C(=O)Nc2c(N)cnn2C)c1. The molecule has 0 radical (unpaired) electrons. The van der Waals surface area contributed by atoms with Crippen molar-refractivity contribution in [1.82, 2.24) is 9.78 Å². The molecule has 94 valence electrons. The molecule has 1 heterocycles. The molecule has 0 aliphatic rings. The number of carbonyl (C=O) groups is 1. The molecule has 0 aliphatic heterocycles. The van der Waals surface area contributed by atoms with Crippen molar-refractivity contribution in [2.45, 2.75) is 0 Å². The van der Waals surface area contributed by atoms with Crippen LogP contribution in [0.3, 0.4) is 0 Å². The highest BCUT2D eigenvalue weighted by molar-refractivity contribution is 6.05. The van der Waals surface area contributed by atoms with Gasteiger partial charge < -0.3 is 15.8 Å². The number of nitrogens with two attached hydrogens (primary N) is 1. The van der Waals surface area contributed by atoms with E-state index in [9.17, 15) is 4.79 Å². The van der Waals surface area contributed by atoms with E-state index in [2.05, 4.69) is 10.4 Å². The number of ether oxygens (including phenoxy) is 1. The fourth-order valence-corrected chi connectivity index (χ4v) is 1.55. The lowest BCUT2D eigenvalue weighted by Crippen LogP contribution is -2.15. The Morgan fingerprint density at radius 1 is 1.50 bits per heavy atom. The molecule has 0 atom stereocenters. The number of rotatable bonds is 3. The summed E-state index contributed by atoms with van der Waals surface area (Å²) >= 11 is 0. The van der Waals surface area contributed by atoms with Crippen molar-refractivity contribution in [2.24, 2.45) is 7.05 Å². The Kier molecular flexibility index (Phi) is 3.18. The Morgan fingerprint density at radius 2 is 2.28 bits per heavy atom. The van der Waals surface area contributed by atoms with Gasteiger partial charge in [-0.15, -0.1) is 0 Å². The maximum Gasteiger partial charge on any atom is 0.257 e. The minimum atomic E-state index is -0.260. The van der Waals surface area contributed by atoms with E-state index >= 15 is 0 Å². The standard InChI is InChI=1S/C12H14N4O2/c1-16-11(10(13)7-14-16)15-12(17)8-4-3-5-9(6-8)18-2/h3-7H,13H2,1-2H3,(H,15,17). The highest BCUT2D eigenvalue weighted by atomic mass is 16.5. The average molecular weight is 246 g/mol. The van der Waals surface area contributed by atoms with Gasteiger partial charge in [0, 0.05) is 12.6 Å². The number of aryl methyl sites for hydroxylation is 1. The summed E-state index contributed by atoms with van der Waals surface area (Å²) in [4.78, 5) is 12.0. The molecular formula is C12H14N4O2. The first-order valence-electron chi connectivity index (χ1n) is 5.34. The summed E-state index contributed by atoms with van der Waals surface area (Å²) in [6, 6.07) is 6.88. The van der Waals surface area contributed by atoms with Gasteiger partial charge in [0.15, 0.2) is 5.82 Å². The number of nitrogens with zero attached hydrogens (tertiary/aromatic N) is 2. The second-order valence-electron chi connectivity index (χ2n) is 3.76. The normalized spacial score (nSPS) is 10.1. The van der Waals surface area contributed by atoms with Crippen molar-refractivity contribution in [3.8, 4) is 5.75 Å². The second kappa shape index (κ2) is 4.79. The number of aromatic nitrogens is 2. The summed E-state index contributed by atoms with van der Waals surface area (Å²) in [5.74, 6) is 0.840. The number of anilines is 2. The molecule has 1 aromatic heterocycles. The monoisotopic (exact) mass is 246 g/mol. The zero-order valence-electron chi connectivity index (χ0n) is 10.2. The van der Waals surface area contributed by atoms with Gasteiger partial charge in [0.2, 0.25) is 0 Å². The minimum Gasteiger partial charge on any atom is -0.497 e. The average Bonchev–Trinajstić information content (AvgIpc) is 2.70. The molecule has 18 heavy (non-hydrogen) atoms. The van der Waals surface area contributed by atoms with E-state index in [1.807, 2.05) is 0 Å². The number of nitrogens with one attached hydrogen (secondary N) is 1. The van der Waals surface area contributed by atoms with Crippen LogP contribution in [0.4, 0.5) is 11.5 Å². The molecule has 0 unspecified atom stereocenters. The van der Waals surface area contributed by atoms with E-state index in [0.29, 0.717) is 22.8 Å². The number of hydrogen-bond acceptors (Lipinski definition) is 4. The molecule has 2 rings (SSSR count). The molecule has 2 aromatic rings. The van der Waals surface area contributed by atoms with Crippen molar-refractivity contribution in [3.05, 3.63) is 36.0 Å². The van der Waals surface area contributed by atoms with Crippen LogP contribution in [0.5, 0.6) is 5.75 Å². The fraction of sp³-hybridized carbons (Fsp3) is 0.167. The Hall–Kier alpha value is -2.50. The van der Waals surface area contributed by atoms with Crippen LogP contribution in [0.1, 0.15) is 10.4 Å². The number of benzene rings is 1. The summed E-state index contributed by atoms with van der Waals surface area (Å²) < 4.78 is 6.57. The van der Waals surface area contributed by atoms with E-state index in [0.717, 1.165) is 0 Å². The molecule has 0 saturated heterocycles. The Morgan fingerprint density at radius 3 is 2.89 bits per heavy atom. The lowest BCUT2D eigenvalue weighted by Gasteiger charge is -2.07. The molecule has 1 aromatic carbocycles. The van der Waals surface area contributed by atoms with Crippen LogP contribution in [0.25, 0.3) is 0 Å². The van der Waals surface area contributed by atoms with Crippen LogP contribution in [0.2, 0.25) is 0 Å². The maximum atomic E-state index is 12.0. The largest absolute Gasteiger partial charge is 0.497 e. The minimum absolute atomic E-state index is 0.260. The number of methoxy groups -OCH3 is 1. The molecule has 0 saturated carbocycles. The summed E-state index contributed by atoms with van der Waals surface area (Å²) in [6.45, 7) is 0. The third kappa shape index (κ3) is 2.27. The molecule has 0 bridgehead atoms. The summed E-state index contributed by atoms with van der Waals surface area (Å²) in [5, 5.41) is 6.66. The Labute approximate surface area is 104 Å². The van der Waals surface area contributed by atoms with Crippen LogP contribution < -0.4 is 15.8 Å². The predicted octanol–water partition coefficient (Wildman–Crippen LogP) is 1.26. The Bertz CT molecular complexity index is 558. The van der Waals surface area contributed by atoms with Crippen LogP contribution in [0, 0.1) is 0 Å².